The summed E-state index contributed by atoms with van der Waals surface area (Å²) in [4.78, 5) is 4.44. The van der Waals surface area contributed by atoms with E-state index in [-0.39, 0.29) is 0 Å². The van der Waals surface area contributed by atoms with E-state index in [0.29, 0.717) is 0 Å². The molecule has 0 aromatic carbocycles. The maximum absolute atomic E-state index is 4.67. The van der Waals surface area contributed by atoms with Gasteiger partial charge in [-0.15, -0.1) is 0 Å². The zero-order chi connectivity index (χ0) is 14.1. The molecular formula is C16H16BrN3. The van der Waals surface area contributed by atoms with Crippen LogP contribution in [-0.2, 0) is 0 Å². The molecule has 0 aliphatic heterocycles. The molecule has 1 aliphatic carbocycles. The molecular weight excluding hydrogens is 314 g/mol. The highest BCUT2D eigenvalue weighted by atomic mass is 79.9. The predicted molar refractivity (Wildman–Crippen MR) is 85.2 cm³/mol. The number of hydrogen-bond acceptors (Lipinski definition) is 2. The van der Waals surface area contributed by atoms with Crippen LogP contribution in [0.5, 0.6) is 0 Å². The van der Waals surface area contributed by atoms with Crippen LogP contribution in [0, 0.1) is 6.92 Å². The lowest BCUT2D eigenvalue weighted by molar-refractivity contribution is 0.824. The fourth-order valence-electron chi connectivity index (χ4n) is 2.20. The number of aryl methyl sites for hydroxylation is 1. The third-order valence-electron chi connectivity index (χ3n) is 3.45. The number of halogens is 1. The van der Waals surface area contributed by atoms with Gasteiger partial charge in [0, 0.05) is 18.1 Å². The van der Waals surface area contributed by atoms with Crippen molar-refractivity contribution in [3.8, 4) is 11.4 Å². The number of nitrogens with zero attached hydrogens (tertiary/aromatic N) is 3. The molecule has 0 unspecified atom stereocenters. The first-order valence-corrected chi connectivity index (χ1v) is 7.48. The minimum absolute atomic E-state index is 0.886. The lowest BCUT2D eigenvalue weighted by Gasteiger charge is -2.11. The molecule has 3 nitrogen and oxygen atoms in total. The highest BCUT2D eigenvalue weighted by Gasteiger charge is 2.13. The lowest BCUT2D eigenvalue weighted by atomic mass is 10.0. The van der Waals surface area contributed by atoms with Gasteiger partial charge >= 0.3 is 0 Å². The number of pyridine rings is 1. The van der Waals surface area contributed by atoms with Crippen LogP contribution in [0.3, 0.4) is 0 Å². The standard InChI is InChI=1S/C16H16BrN3/c1-11-3-6-13(7-4-11)20-10-14(17)16(19-20)15-8-5-12(2)9-18-15/h3,5-6,8-10H,4,7H2,1-2H3. The highest BCUT2D eigenvalue weighted by Crippen LogP contribution is 2.29. The van der Waals surface area contributed by atoms with Gasteiger partial charge < -0.3 is 0 Å². The van der Waals surface area contributed by atoms with Gasteiger partial charge in [0.05, 0.1) is 10.2 Å². The summed E-state index contributed by atoms with van der Waals surface area (Å²) in [6.07, 6.45) is 10.3. The van der Waals surface area contributed by atoms with Gasteiger partial charge in [-0.1, -0.05) is 17.7 Å². The van der Waals surface area contributed by atoms with Crippen LogP contribution < -0.4 is 0 Å². The third kappa shape index (κ3) is 2.61. The molecule has 3 rings (SSSR count). The lowest BCUT2D eigenvalue weighted by Crippen LogP contribution is -2.01. The topological polar surface area (TPSA) is 30.7 Å². The highest BCUT2D eigenvalue weighted by molar-refractivity contribution is 9.10. The van der Waals surface area contributed by atoms with Gasteiger partial charge in [-0.2, -0.15) is 5.10 Å². The Labute approximate surface area is 127 Å². The van der Waals surface area contributed by atoms with Crippen LogP contribution in [0.2, 0.25) is 0 Å². The van der Waals surface area contributed by atoms with Crippen molar-refractivity contribution in [2.75, 3.05) is 0 Å². The first-order valence-electron chi connectivity index (χ1n) is 6.68. The maximum atomic E-state index is 4.67. The average Bonchev–Trinajstić information content (AvgIpc) is 2.82. The molecule has 0 fully saturated rings. The van der Waals surface area contributed by atoms with Gasteiger partial charge in [0.1, 0.15) is 5.69 Å². The average molecular weight is 330 g/mol. The fourth-order valence-corrected chi connectivity index (χ4v) is 2.68. The third-order valence-corrected chi connectivity index (χ3v) is 4.03. The number of hydrogen-bond donors (Lipinski definition) is 0. The van der Waals surface area contributed by atoms with Crippen molar-refractivity contribution in [2.45, 2.75) is 26.7 Å². The summed E-state index contributed by atoms with van der Waals surface area (Å²) in [6, 6.07) is 4.06. The maximum Gasteiger partial charge on any atom is 0.125 e. The summed E-state index contributed by atoms with van der Waals surface area (Å²) >= 11 is 3.58. The molecule has 0 spiro atoms. The molecule has 20 heavy (non-hydrogen) atoms. The van der Waals surface area contributed by atoms with E-state index in [1.54, 1.807) is 0 Å². The van der Waals surface area contributed by atoms with E-state index in [1.165, 1.54) is 11.3 Å². The molecule has 102 valence electrons. The Morgan fingerprint density at radius 3 is 2.65 bits per heavy atom. The Kier molecular flexibility index (Phi) is 3.57. The monoisotopic (exact) mass is 329 g/mol. The second-order valence-corrected chi connectivity index (χ2v) is 6.02. The molecule has 0 radical (unpaired) electrons. The zero-order valence-corrected chi connectivity index (χ0v) is 13.2. The van der Waals surface area contributed by atoms with Gasteiger partial charge in [-0.25, -0.2) is 4.68 Å². The predicted octanol–water partition coefficient (Wildman–Crippen LogP) is 4.60. The minimum Gasteiger partial charge on any atom is -0.254 e. The molecule has 0 saturated carbocycles. The molecule has 0 amide bonds. The quantitative estimate of drug-likeness (QED) is 0.806. The first-order chi connectivity index (χ1) is 9.63. The van der Waals surface area contributed by atoms with E-state index in [1.807, 2.05) is 30.1 Å². The molecule has 2 aromatic heterocycles. The normalized spacial score (nSPS) is 14.9. The van der Waals surface area contributed by atoms with Crippen molar-refractivity contribution in [1.82, 2.24) is 14.8 Å². The zero-order valence-electron chi connectivity index (χ0n) is 11.6. The van der Waals surface area contributed by atoms with Gasteiger partial charge in [0.15, 0.2) is 0 Å². The summed E-state index contributed by atoms with van der Waals surface area (Å²) in [5.41, 5.74) is 5.57. The van der Waals surface area contributed by atoms with Crippen molar-refractivity contribution in [3.63, 3.8) is 0 Å². The summed E-state index contributed by atoms with van der Waals surface area (Å²) in [5, 5.41) is 4.67. The van der Waals surface area contributed by atoms with E-state index < -0.39 is 0 Å². The molecule has 2 heterocycles. The van der Waals surface area contributed by atoms with Crippen LogP contribution >= 0.6 is 15.9 Å². The Morgan fingerprint density at radius 2 is 2.00 bits per heavy atom. The van der Waals surface area contributed by atoms with Crippen LogP contribution in [0.25, 0.3) is 17.1 Å². The molecule has 0 saturated heterocycles. The van der Waals surface area contributed by atoms with Crippen molar-refractivity contribution in [2.24, 2.45) is 0 Å². The van der Waals surface area contributed by atoms with E-state index in [0.717, 1.165) is 34.3 Å². The largest absolute Gasteiger partial charge is 0.254 e. The Hall–Kier alpha value is -1.68. The molecule has 0 atom stereocenters. The van der Waals surface area contributed by atoms with E-state index >= 15 is 0 Å². The summed E-state index contributed by atoms with van der Waals surface area (Å²) in [6.45, 7) is 4.19. The van der Waals surface area contributed by atoms with Gasteiger partial charge in [0.25, 0.3) is 0 Å². The molecule has 2 aromatic rings. The van der Waals surface area contributed by atoms with E-state index in [9.17, 15) is 0 Å². The van der Waals surface area contributed by atoms with Crippen LogP contribution in [-0.4, -0.2) is 14.8 Å². The van der Waals surface area contributed by atoms with Crippen LogP contribution in [0.4, 0.5) is 0 Å². The summed E-state index contributed by atoms with van der Waals surface area (Å²) in [7, 11) is 0. The number of aromatic nitrogens is 3. The van der Waals surface area contributed by atoms with Crippen LogP contribution in [0.1, 0.15) is 25.3 Å². The van der Waals surface area contributed by atoms with E-state index in [2.05, 4.69) is 51.2 Å². The molecule has 4 heteroatoms. The first kappa shape index (κ1) is 13.3. The number of allylic oxidation sites excluding steroid dienone is 4. The molecule has 0 N–H and O–H groups in total. The summed E-state index contributed by atoms with van der Waals surface area (Å²) < 4.78 is 2.92. The van der Waals surface area contributed by atoms with Gasteiger partial charge in [0.2, 0.25) is 0 Å². The SMILES string of the molecule is CC1=CC=C(n2cc(Br)c(-c3ccc(C)cn3)n2)CC1. The second kappa shape index (κ2) is 5.37. The number of rotatable bonds is 2. The molecule has 0 bridgehead atoms. The van der Waals surface area contributed by atoms with Crippen molar-refractivity contribution in [1.29, 1.82) is 0 Å². The van der Waals surface area contributed by atoms with Gasteiger partial charge in [-0.3, -0.25) is 4.98 Å². The van der Waals surface area contributed by atoms with Crippen LogP contribution in [0.15, 0.2) is 46.7 Å². The van der Waals surface area contributed by atoms with Crippen molar-refractivity contribution in [3.05, 3.63) is 52.3 Å². The Balaban J connectivity index is 1.97. The van der Waals surface area contributed by atoms with Crippen molar-refractivity contribution >= 4 is 21.6 Å². The fraction of sp³-hybridized carbons (Fsp3) is 0.250. The van der Waals surface area contributed by atoms with Crippen molar-refractivity contribution < 1.29 is 0 Å². The minimum atomic E-state index is 0.886. The summed E-state index contributed by atoms with van der Waals surface area (Å²) in [5.74, 6) is 0. The molecule has 1 aliphatic rings. The Morgan fingerprint density at radius 1 is 1.15 bits per heavy atom. The second-order valence-electron chi connectivity index (χ2n) is 5.16. The van der Waals surface area contributed by atoms with Gasteiger partial charge in [-0.05, 0) is 60.3 Å². The van der Waals surface area contributed by atoms with E-state index in [4.69, 9.17) is 0 Å². The smallest absolute Gasteiger partial charge is 0.125 e. The Bertz CT molecular complexity index is 693.